The highest BCUT2D eigenvalue weighted by Gasteiger charge is 2.38. The minimum Gasteiger partial charge on any atom is -0.380 e. The number of nitrogens with zero attached hydrogens (tertiary/aromatic N) is 4. The van der Waals surface area contributed by atoms with Gasteiger partial charge in [0.2, 0.25) is 5.91 Å². The van der Waals surface area contributed by atoms with E-state index in [9.17, 15) is 18.0 Å². The molecule has 1 saturated carbocycles. The SMILES string of the molecule is CN(C1CCOC1)C1CCC(C(=O)N2CCN(c3cc(C(F)(F)F)ccn3)CC2)C1. The second kappa shape index (κ2) is 8.70. The van der Waals surface area contributed by atoms with Crippen LogP contribution in [-0.2, 0) is 15.7 Å². The molecular formula is C21H29F3N4O2. The van der Waals surface area contributed by atoms with Crippen LogP contribution < -0.4 is 4.90 Å². The monoisotopic (exact) mass is 426 g/mol. The summed E-state index contributed by atoms with van der Waals surface area (Å²) in [6, 6.07) is 2.93. The number of halogens is 3. The van der Waals surface area contributed by atoms with Crippen LogP contribution in [0, 0.1) is 5.92 Å². The molecule has 3 fully saturated rings. The zero-order valence-corrected chi connectivity index (χ0v) is 17.3. The molecule has 0 N–H and O–H groups in total. The molecule has 3 unspecified atom stereocenters. The molecule has 30 heavy (non-hydrogen) atoms. The molecular weight excluding hydrogens is 397 g/mol. The molecule has 0 aromatic carbocycles. The molecule has 1 aromatic rings. The van der Waals surface area contributed by atoms with Crippen LogP contribution in [0.25, 0.3) is 0 Å². The standard InChI is InChI=1S/C21H29F3N4O2/c1-26(18-5-11-30-14-18)17-3-2-15(12-17)20(29)28-9-7-27(8-10-28)19-13-16(4-6-25-19)21(22,23)24/h4,6,13,15,17-18H,2-3,5,7-12,14H2,1H3. The normalized spacial score (nSPS) is 27.8. The molecule has 1 aliphatic carbocycles. The summed E-state index contributed by atoms with van der Waals surface area (Å²) in [5.41, 5.74) is -0.695. The van der Waals surface area contributed by atoms with E-state index in [2.05, 4.69) is 16.9 Å². The summed E-state index contributed by atoms with van der Waals surface area (Å²) in [6.07, 6.45) is 0.666. The lowest BCUT2D eigenvalue weighted by atomic mass is 10.0. The van der Waals surface area contributed by atoms with Crippen molar-refractivity contribution in [3.8, 4) is 0 Å². The van der Waals surface area contributed by atoms with Crippen LogP contribution in [0.3, 0.4) is 0 Å². The Morgan fingerprint density at radius 1 is 1.17 bits per heavy atom. The van der Waals surface area contributed by atoms with E-state index in [0.717, 1.165) is 51.0 Å². The predicted octanol–water partition coefficient (Wildman–Crippen LogP) is 2.64. The Labute approximate surface area is 175 Å². The Bertz CT molecular complexity index is 746. The average Bonchev–Trinajstić information content (AvgIpc) is 3.45. The van der Waals surface area contributed by atoms with Gasteiger partial charge in [-0.15, -0.1) is 0 Å². The van der Waals surface area contributed by atoms with Crippen molar-refractivity contribution in [3.63, 3.8) is 0 Å². The fraction of sp³-hybridized carbons (Fsp3) is 0.714. The van der Waals surface area contributed by atoms with E-state index in [4.69, 9.17) is 4.74 Å². The van der Waals surface area contributed by atoms with Gasteiger partial charge in [0.1, 0.15) is 5.82 Å². The number of pyridine rings is 1. The number of piperazine rings is 1. The maximum absolute atomic E-state index is 13.0. The average molecular weight is 426 g/mol. The number of rotatable bonds is 4. The summed E-state index contributed by atoms with van der Waals surface area (Å²) in [7, 11) is 2.14. The van der Waals surface area contributed by atoms with Gasteiger partial charge in [0, 0.05) is 57.0 Å². The van der Waals surface area contributed by atoms with Crippen LogP contribution in [0.2, 0.25) is 0 Å². The van der Waals surface area contributed by atoms with E-state index in [1.54, 1.807) is 0 Å². The van der Waals surface area contributed by atoms with Gasteiger partial charge in [-0.3, -0.25) is 9.69 Å². The second-order valence-electron chi connectivity index (χ2n) is 8.56. The maximum atomic E-state index is 13.0. The number of hydrogen-bond acceptors (Lipinski definition) is 5. The molecule has 2 aliphatic heterocycles. The summed E-state index contributed by atoms with van der Waals surface area (Å²) in [5, 5.41) is 0. The molecule has 6 nitrogen and oxygen atoms in total. The Morgan fingerprint density at radius 2 is 1.93 bits per heavy atom. The first-order valence-corrected chi connectivity index (χ1v) is 10.7. The predicted molar refractivity (Wildman–Crippen MR) is 106 cm³/mol. The van der Waals surface area contributed by atoms with Crippen molar-refractivity contribution in [2.24, 2.45) is 5.92 Å². The van der Waals surface area contributed by atoms with E-state index in [1.165, 1.54) is 6.20 Å². The minimum atomic E-state index is -4.38. The number of carbonyl (C=O) groups excluding carboxylic acids is 1. The highest BCUT2D eigenvalue weighted by molar-refractivity contribution is 5.79. The first-order valence-electron chi connectivity index (χ1n) is 10.7. The fourth-order valence-electron chi connectivity index (χ4n) is 4.88. The number of alkyl halides is 3. The number of anilines is 1. The van der Waals surface area contributed by atoms with Crippen LogP contribution in [-0.4, -0.2) is 79.2 Å². The van der Waals surface area contributed by atoms with E-state index in [-0.39, 0.29) is 11.8 Å². The van der Waals surface area contributed by atoms with Gasteiger partial charge in [0.05, 0.1) is 12.2 Å². The summed E-state index contributed by atoms with van der Waals surface area (Å²) in [4.78, 5) is 23.2. The zero-order valence-electron chi connectivity index (χ0n) is 17.3. The molecule has 4 rings (SSSR count). The molecule has 0 bridgehead atoms. The number of ether oxygens (including phenoxy) is 1. The Kier molecular flexibility index (Phi) is 6.20. The van der Waals surface area contributed by atoms with Gasteiger partial charge in [-0.05, 0) is 44.9 Å². The van der Waals surface area contributed by atoms with Gasteiger partial charge in [-0.1, -0.05) is 0 Å². The lowest BCUT2D eigenvalue weighted by Crippen LogP contribution is -2.50. The minimum absolute atomic E-state index is 0.0398. The van der Waals surface area contributed by atoms with Crippen molar-refractivity contribution in [2.75, 3.05) is 51.3 Å². The van der Waals surface area contributed by atoms with Crippen LogP contribution in [0.15, 0.2) is 18.3 Å². The van der Waals surface area contributed by atoms with E-state index in [1.807, 2.05) is 9.80 Å². The molecule has 0 radical (unpaired) electrons. The van der Waals surface area contributed by atoms with Crippen molar-refractivity contribution in [1.82, 2.24) is 14.8 Å². The van der Waals surface area contributed by atoms with Crippen LogP contribution in [0.4, 0.5) is 19.0 Å². The Hall–Kier alpha value is -1.87. The number of amides is 1. The molecule has 3 atom stereocenters. The molecule has 1 amide bonds. The summed E-state index contributed by atoms with van der Waals surface area (Å²) in [6.45, 7) is 3.62. The molecule has 3 aliphatic rings. The first-order chi connectivity index (χ1) is 14.3. The number of aromatic nitrogens is 1. The largest absolute Gasteiger partial charge is 0.416 e. The topological polar surface area (TPSA) is 48.9 Å². The third-order valence-corrected chi connectivity index (χ3v) is 6.80. The molecule has 0 spiro atoms. The highest BCUT2D eigenvalue weighted by atomic mass is 19.4. The van der Waals surface area contributed by atoms with E-state index in [0.29, 0.717) is 44.1 Å². The van der Waals surface area contributed by atoms with Gasteiger partial charge >= 0.3 is 6.18 Å². The summed E-state index contributed by atoms with van der Waals surface area (Å²) >= 11 is 0. The maximum Gasteiger partial charge on any atom is 0.416 e. The highest BCUT2D eigenvalue weighted by Crippen LogP contribution is 2.33. The van der Waals surface area contributed by atoms with Gasteiger partial charge in [-0.25, -0.2) is 4.98 Å². The molecule has 2 saturated heterocycles. The molecule has 3 heterocycles. The lowest BCUT2D eigenvalue weighted by Gasteiger charge is -2.37. The third-order valence-electron chi connectivity index (χ3n) is 6.80. The van der Waals surface area contributed by atoms with Crippen LogP contribution in [0.1, 0.15) is 31.2 Å². The van der Waals surface area contributed by atoms with Gasteiger partial charge < -0.3 is 14.5 Å². The molecule has 1 aromatic heterocycles. The Balaban J connectivity index is 1.30. The smallest absolute Gasteiger partial charge is 0.380 e. The quantitative estimate of drug-likeness (QED) is 0.741. The van der Waals surface area contributed by atoms with Crippen LogP contribution >= 0.6 is 0 Å². The fourth-order valence-corrected chi connectivity index (χ4v) is 4.88. The molecule has 166 valence electrons. The van der Waals surface area contributed by atoms with Crippen molar-refractivity contribution in [1.29, 1.82) is 0 Å². The lowest BCUT2D eigenvalue weighted by molar-refractivity contribution is -0.137. The van der Waals surface area contributed by atoms with Crippen molar-refractivity contribution >= 4 is 11.7 Å². The van der Waals surface area contributed by atoms with Gasteiger partial charge in [0.15, 0.2) is 0 Å². The van der Waals surface area contributed by atoms with E-state index >= 15 is 0 Å². The zero-order chi connectivity index (χ0) is 21.3. The third kappa shape index (κ3) is 4.56. The number of likely N-dealkylation sites (N-methyl/N-ethyl adjacent to an activating group) is 1. The number of carbonyl (C=O) groups is 1. The summed E-state index contributed by atoms with van der Waals surface area (Å²) in [5.74, 6) is 0.543. The van der Waals surface area contributed by atoms with Crippen molar-refractivity contribution in [3.05, 3.63) is 23.9 Å². The van der Waals surface area contributed by atoms with Crippen molar-refractivity contribution in [2.45, 2.75) is 43.9 Å². The first kappa shape index (κ1) is 21.4. The summed E-state index contributed by atoms with van der Waals surface area (Å²) < 4.78 is 44.4. The number of hydrogen-bond donors (Lipinski definition) is 0. The molecule has 9 heteroatoms. The van der Waals surface area contributed by atoms with Gasteiger partial charge in [-0.2, -0.15) is 13.2 Å². The van der Waals surface area contributed by atoms with Crippen molar-refractivity contribution < 1.29 is 22.7 Å². The second-order valence-corrected chi connectivity index (χ2v) is 8.56. The van der Waals surface area contributed by atoms with Crippen LogP contribution in [0.5, 0.6) is 0 Å². The van der Waals surface area contributed by atoms with E-state index < -0.39 is 11.7 Å². The Morgan fingerprint density at radius 3 is 2.60 bits per heavy atom. The van der Waals surface area contributed by atoms with Gasteiger partial charge in [0.25, 0.3) is 0 Å².